The van der Waals surface area contributed by atoms with Crippen molar-refractivity contribution in [3.63, 3.8) is 0 Å². The second-order valence-electron chi connectivity index (χ2n) is 13.9. The SMILES string of the molecule is CCCCCCCC(C=CCCCCCCCC(=O)OC(C)C(=O)OC(C=CCCCCCCCC(=O)OC)CCCCCC)OC(=O)C(C)O. The summed E-state index contributed by atoms with van der Waals surface area (Å²) in [6.07, 6.45) is 29.2. The Kier molecular flexibility index (Phi) is 32.6. The number of esters is 4. The first-order valence-corrected chi connectivity index (χ1v) is 20.3. The molecule has 0 heterocycles. The average Bonchev–Trinajstić information content (AvgIpc) is 3.10. The van der Waals surface area contributed by atoms with Gasteiger partial charge < -0.3 is 24.1 Å². The minimum absolute atomic E-state index is 0.152. The lowest BCUT2D eigenvalue weighted by atomic mass is 10.1. The number of unbranched alkanes of at least 4 members (excludes halogenated alkanes) is 17. The van der Waals surface area contributed by atoms with Crippen molar-refractivity contribution < 1.29 is 43.2 Å². The predicted octanol–water partition coefficient (Wildman–Crippen LogP) is 10.2. The molecule has 0 aromatic heterocycles. The van der Waals surface area contributed by atoms with Crippen molar-refractivity contribution in [2.24, 2.45) is 0 Å². The molecule has 0 radical (unpaired) electrons. The van der Waals surface area contributed by atoms with E-state index in [0.717, 1.165) is 122 Å². The Hall–Kier alpha value is -2.68. The van der Waals surface area contributed by atoms with Crippen LogP contribution in [0.4, 0.5) is 0 Å². The number of carbonyl (C=O) groups excluding carboxylic acids is 4. The van der Waals surface area contributed by atoms with E-state index >= 15 is 0 Å². The van der Waals surface area contributed by atoms with E-state index in [0.29, 0.717) is 12.8 Å². The maximum absolute atomic E-state index is 12.8. The van der Waals surface area contributed by atoms with Gasteiger partial charge in [0.15, 0.2) is 6.10 Å². The maximum Gasteiger partial charge on any atom is 0.347 e. The minimum atomic E-state index is -1.12. The summed E-state index contributed by atoms with van der Waals surface area (Å²) in [5, 5.41) is 9.51. The fourth-order valence-corrected chi connectivity index (χ4v) is 5.63. The Morgan fingerprint density at radius 1 is 0.529 bits per heavy atom. The number of hydrogen-bond donors (Lipinski definition) is 1. The van der Waals surface area contributed by atoms with Crippen LogP contribution in [-0.2, 0) is 38.1 Å². The molecule has 0 aliphatic heterocycles. The molecule has 51 heavy (non-hydrogen) atoms. The zero-order chi connectivity index (χ0) is 38.0. The third-order valence-corrected chi connectivity index (χ3v) is 8.88. The molecule has 296 valence electrons. The Labute approximate surface area is 310 Å². The van der Waals surface area contributed by atoms with Crippen molar-refractivity contribution in [1.82, 2.24) is 0 Å². The number of carbonyl (C=O) groups is 4. The van der Waals surface area contributed by atoms with Crippen LogP contribution in [0.1, 0.15) is 188 Å². The van der Waals surface area contributed by atoms with Crippen molar-refractivity contribution in [2.45, 2.75) is 213 Å². The quantitative estimate of drug-likeness (QED) is 0.0299. The number of rotatable bonds is 34. The van der Waals surface area contributed by atoms with Crippen LogP contribution in [0.15, 0.2) is 24.3 Å². The van der Waals surface area contributed by atoms with Crippen LogP contribution in [0.5, 0.6) is 0 Å². The molecule has 4 atom stereocenters. The van der Waals surface area contributed by atoms with Gasteiger partial charge in [0.1, 0.15) is 18.3 Å². The molecule has 9 heteroatoms. The summed E-state index contributed by atoms with van der Waals surface area (Å²) in [6, 6.07) is 0. The minimum Gasteiger partial charge on any atom is -0.469 e. The molecule has 0 amide bonds. The third-order valence-electron chi connectivity index (χ3n) is 8.88. The van der Waals surface area contributed by atoms with E-state index in [-0.39, 0.29) is 30.6 Å². The zero-order valence-electron chi connectivity index (χ0n) is 33.0. The van der Waals surface area contributed by atoms with E-state index < -0.39 is 24.1 Å². The highest BCUT2D eigenvalue weighted by Crippen LogP contribution is 2.16. The smallest absolute Gasteiger partial charge is 0.347 e. The summed E-state index contributed by atoms with van der Waals surface area (Å²) in [4.78, 5) is 48.3. The molecule has 0 aliphatic carbocycles. The standard InChI is InChI=1S/C42H74O9/c1-6-8-10-18-24-30-37(50-41(46)35(3)43)31-25-19-15-13-17-22-28-34-40(45)49-36(4)42(47)51-38(29-23-11-9-7-2)32-26-20-14-12-16-21-27-33-39(44)48-5/h25-26,31-32,35-38,43H,6-24,27-30,33-34H2,1-5H3. The molecule has 0 aromatic rings. The first kappa shape index (κ1) is 48.3. The lowest BCUT2D eigenvalue weighted by Gasteiger charge is -2.18. The highest BCUT2D eigenvalue weighted by atomic mass is 16.6. The fourth-order valence-electron chi connectivity index (χ4n) is 5.63. The maximum atomic E-state index is 12.8. The molecule has 4 unspecified atom stereocenters. The topological polar surface area (TPSA) is 125 Å². The Balaban J connectivity index is 4.39. The highest BCUT2D eigenvalue weighted by Gasteiger charge is 2.22. The molecule has 0 spiro atoms. The van der Waals surface area contributed by atoms with Gasteiger partial charge in [-0.15, -0.1) is 0 Å². The van der Waals surface area contributed by atoms with Crippen molar-refractivity contribution in [1.29, 1.82) is 0 Å². The normalized spacial score (nSPS) is 13.9. The molecule has 0 rings (SSSR count). The summed E-state index contributed by atoms with van der Waals surface area (Å²) in [6.45, 7) is 7.35. The van der Waals surface area contributed by atoms with Gasteiger partial charge in [-0.1, -0.05) is 109 Å². The van der Waals surface area contributed by atoms with E-state index in [1.165, 1.54) is 33.3 Å². The molecule has 1 N–H and O–H groups in total. The van der Waals surface area contributed by atoms with Crippen LogP contribution in [0.25, 0.3) is 0 Å². The van der Waals surface area contributed by atoms with Crippen molar-refractivity contribution in [3.8, 4) is 0 Å². The number of ether oxygens (including phenoxy) is 4. The largest absolute Gasteiger partial charge is 0.469 e. The van der Waals surface area contributed by atoms with Crippen LogP contribution in [0.2, 0.25) is 0 Å². The van der Waals surface area contributed by atoms with Crippen molar-refractivity contribution in [2.75, 3.05) is 7.11 Å². The van der Waals surface area contributed by atoms with E-state index in [2.05, 4.69) is 30.7 Å². The van der Waals surface area contributed by atoms with Crippen LogP contribution < -0.4 is 0 Å². The summed E-state index contributed by atoms with van der Waals surface area (Å²) >= 11 is 0. The molecule has 0 bridgehead atoms. The van der Waals surface area contributed by atoms with Gasteiger partial charge >= 0.3 is 23.9 Å². The second-order valence-corrected chi connectivity index (χ2v) is 13.9. The molecule has 0 aromatic carbocycles. The molecule has 9 nitrogen and oxygen atoms in total. The Morgan fingerprint density at radius 3 is 1.43 bits per heavy atom. The number of aliphatic hydroxyl groups excluding tert-OH is 1. The van der Waals surface area contributed by atoms with E-state index in [4.69, 9.17) is 14.2 Å². The summed E-state index contributed by atoms with van der Waals surface area (Å²) < 4.78 is 21.3. The molecule has 0 aliphatic rings. The first-order chi connectivity index (χ1) is 24.6. The van der Waals surface area contributed by atoms with Crippen LogP contribution in [0.3, 0.4) is 0 Å². The van der Waals surface area contributed by atoms with Gasteiger partial charge in [0.05, 0.1) is 7.11 Å². The predicted molar refractivity (Wildman–Crippen MR) is 204 cm³/mol. The monoisotopic (exact) mass is 723 g/mol. The summed E-state index contributed by atoms with van der Waals surface area (Å²) in [5.74, 6) is -1.62. The van der Waals surface area contributed by atoms with E-state index in [9.17, 15) is 24.3 Å². The number of aliphatic hydroxyl groups is 1. The first-order valence-electron chi connectivity index (χ1n) is 20.3. The second kappa shape index (κ2) is 34.4. The van der Waals surface area contributed by atoms with E-state index in [1.54, 1.807) is 6.92 Å². The van der Waals surface area contributed by atoms with Crippen LogP contribution in [0, 0.1) is 0 Å². The van der Waals surface area contributed by atoms with Gasteiger partial charge in [-0.05, 0) is 90.2 Å². The Morgan fingerprint density at radius 2 is 0.941 bits per heavy atom. The number of allylic oxidation sites excluding steroid dienone is 2. The summed E-state index contributed by atoms with van der Waals surface area (Å²) in [5.41, 5.74) is 0. The van der Waals surface area contributed by atoms with Gasteiger partial charge in [0, 0.05) is 12.8 Å². The van der Waals surface area contributed by atoms with Gasteiger partial charge in [-0.25, -0.2) is 9.59 Å². The molecular formula is C42H74O9. The highest BCUT2D eigenvalue weighted by molar-refractivity contribution is 5.79. The van der Waals surface area contributed by atoms with Gasteiger partial charge in [-0.3, -0.25) is 9.59 Å². The number of methoxy groups -OCH3 is 1. The van der Waals surface area contributed by atoms with Crippen molar-refractivity contribution in [3.05, 3.63) is 24.3 Å². The Bertz CT molecular complexity index is 943. The van der Waals surface area contributed by atoms with Gasteiger partial charge in [0.25, 0.3) is 0 Å². The van der Waals surface area contributed by atoms with E-state index in [1.807, 2.05) is 12.2 Å². The summed E-state index contributed by atoms with van der Waals surface area (Å²) in [7, 11) is 1.42. The zero-order valence-corrected chi connectivity index (χ0v) is 33.0. The van der Waals surface area contributed by atoms with Gasteiger partial charge in [-0.2, -0.15) is 0 Å². The molecule has 0 saturated carbocycles. The molecule has 0 saturated heterocycles. The lowest BCUT2D eigenvalue weighted by molar-refractivity contribution is -0.169. The van der Waals surface area contributed by atoms with Crippen LogP contribution in [-0.4, -0.2) is 60.5 Å². The van der Waals surface area contributed by atoms with Crippen molar-refractivity contribution >= 4 is 23.9 Å². The number of hydrogen-bond acceptors (Lipinski definition) is 9. The third kappa shape index (κ3) is 30.6. The fraction of sp³-hybridized carbons (Fsp3) is 0.810. The average molecular weight is 723 g/mol. The molecular weight excluding hydrogens is 648 g/mol. The van der Waals surface area contributed by atoms with Gasteiger partial charge in [0.2, 0.25) is 0 Å². The van der Waals surface area contributed by atoms with Crippen LogP contribution >= 0.6 is 0 Å². The molecule has 0 fully saturated rings. The lowest BCUT2D eigenvalue weighted by Crippen LogP contribution is -2.29.